The smallest absolute Gasteiger partial charge is 0.253 e. The minimum atomic E-state index is -0.466. The standard InChI is InChI=1S/C18H26N2O2/c1-14-6-2-4-12-20(13-5-3-7-14)18(22)16-10-8-15(9-11-16)17(19)21/h8-11,14H,2-7,12-13H2,1H3,(H2,19,21). The Hall–Kier alpha value is -1.84. The Morgan fingerprint density at radius 1 is 0.955 bits per heavy atom. The zero-order valence-electron chi connectivity index (χ0n) is 13.4. The predicted octanol–water partition coefficient (Wildman–Crippen LogP) is 3.22. The zero-order valence-corrected chi connectivity index (χ0v) is 13.4. The number of amides is 2. The molecule has 0 atom stereocenters. The van der Waals surface area contributed by atoms with Crippen molar-refractivity contribution < 1.29 is 9.59 Å². The Labute approximate surface area is 132 Å². The molecule has 2 N–H and O–H groups in total. The summed E-state index contributed by atoms with van der Waals surface area (Å²) in [7, 11) is 0. The van der Waals surface area contributed by atoms with Gasteiger partial charge in [0.05, 0.1) is 0 Å². The second-order valence-electron chi connectivity index (χ2n) is 6.33. The molecule has 0 unspecified atom stereocenters. The molecular weight excluding hydrogens is 276 g/mol. The van der Waals surface area contributed by atoms with E-state index in [-0.39, 0.29) is 5.91 Å². The number of primary amides is 1. The van der Waals surface area contributed by atoms with Gasteiger partial charge < -0.3 is 10.6 Å². The van der Waals surface area contributed by atoms with E-state index in [1.165, 1.54) is 25.7 Å². The van der Waals surface area contributed by atoms with Gasteiger partial charge in [-0.15, -0.1) is 0 Å². The first-order chi connectivity index (χ1) is 10.6. The van der Waals surface area contributed by atoms with Crippen LogP contribution in [0.15, 0.2) is 24.3 Å². The van der Waals surface area contributed by atoms with E-state index in [0.29, 0.717) is 11.1 Å². The molecule has 0 spiro atoms. The van der Waals surface area contributed by atoms with Crippen LogP contribution in [0.1, 0.15) is 66.2 Å². The van der Waals surface area contributed by atoms with Crippen LogP contribution >= 0.6 is 0 Å². The lowest BCUT2D eigenvalue weighted by Crippen LogP contribution is -2.33. The van der Waals surface area contributed by atoms with E-state index in [2.05, 4.69) is 6.92 Å². The first-order valence-electron chi connectivity index (χ1n) is 8.27. The number of hydrogen-bond acceptors (Lipinski definition) is 2. The average Bonchev–Trinajstić information content (AvgIpc) is 2.53. The van der Waals surface area contributed by atoms with Gasteiger partial charge in [0, 0.05) is 24.2 Å². The monoisotopic (exact) mass is 302 g/mol. The summed E-state index contributed by atoms with van der Waals surface area (Å²) in [6.07, 6.45) is 7.02. The molecule has 120 valence electrons. The number of nitrogens with two attached hydrogens (primary N) is 1. The Balaban J connectivity index is 2.01. The number of carbonyl (C=O) groups is 2. The van der Waals surface area contributed by atoms with E-state index in [9.17, 15) is 9.59 Å². The van der Waals surface area contributed by atoms with E-state index >= 15 is 0 Å². The highest BCUT2D eigenvalue weighted by atomic mass is 16.2. The van der Waals surface area contributed by atoms with E-state index in [4.69, 9.17) is 5.73 Å². The maximum Gasteiger partial charge on any atom is 0.253 e. The third-order valence-corrected chi connectivity index (χ3v) is 4.45. The summed E-state index contributed by atoms with van der Waals surface area (Å²) >= 11 is 0. The van der Waals surface area contributed by atoms with E-state index in [1.807, 2.05) is 4.90 Å². The molecule has 4 nitrogen and oxygen atoms in total. The minimum absolute atomic E-state index is 0.0599. The third-order valence-electron chi connectivity index (χ3n) is 4.45. The third kappa shape index (κ3) is 4.58. The number of benzene rings is 1. The first kappa shape index (κ1) is 16.5. The molecule has 1 aromatic carbocycles. The van der Waals surface area contributed by atoms with Crippen molar-refractivity contribution in [2.45, 2.75) is 45.4 Å². The molecule has 2 rings (SSSR count). The van der Waals surface area contributed by atoms with Gasteiger partial charge in [-0.1, -0.05) is 32.6 Å². The summed E-state index contributed by atoms with van der Waals surface area (Å²) in [5.41, 5.74) is 6.30. The molecule has 1 saturated heterocycles. The minimum Gasteiger partial charge on any atom is -0.366 e. The molecule has 4 heteroatoms. The average molecular weight is 302 g/mol. The summed E-state index contributed by atoms with van der Waals surface area (Å²) in [4.78, 5) is 25.7. The van der Waals surface area contributed by atoms with E-state index in [1.54, 1.807) is 24.3 Å². The molecule has 1 aliphatic heterocycles. The van der Waals surface area contributed by atoms with Crippen LogP contribution < -0.4 is 5.73 Å². The molecular formula is C18H26N2O2. The molecule has 1 aliphatic rings. The van der Waals surface area contributed by atoms with Crippen LogP contribution in [0, 0.1) is 5.92 Å². The summed E-state index contributed by atoms with van der Waals surface area (Å²) in [6, 6.07) is 6.64. The van der Waals surface area contributed by atoms with Crippen LogP contribution in [-0.2, 0) is 0 Å². The van der Waals surface area contributed by atoms with Crippen molar-refractivity contribution in [3.8, 4) is 0 Å². The number of rotatable bonds is 2. The van der Waals surface area contributed by atoms with Gasteiger partial charge >= 0.3 is 0 Å². The molecule has 22 heavy (non-hydrogen) atoms. The summed E-state index contributed by atoms with van der Waals surface area (Å²) in [5.74, 6) is 0.403. The quantitative estimate of drug-likeness (QED) is 0.911. The molecule has 0 aliphatic carbocycles. The van der Waals surface area contributed by atoms with Gasteiger partial charge in [-0.2, -0.15) is 0 Å². The van der Waals surface area contributed by atoms with Gasteiger partial charge in [0.1, 0.15) is 0 Å². The van der Waals surface area contributed by atoms with Gasteiger partial charge in [-0.05, 0) is 43.0 Å². The van der Waals surface area contributed by atoms with Gasteiger partial charge in [0.2, 0.25) is 5.91 Å². The van der Waals surface area contributed by atoms with Crippen molar-refractivity contribution >= 4 is 11.8 Å². The highest BCUT2D eigenvalue weighted by Crippen LogP contribution is 2.18. The number of carbonyl (C=O) groups excluding carboxylic acids is 2. The Bertz CT molecular complexity index is 498. The van der Waals surface area contributed by atoms with E-state index in [0.717, 1.165) is 31.8 Å². The van der Waals surface area contributed by atoms with Crippen LogP contribution in [0.2, 0.25) is 0 Å². The van der Waals surface area contributed by atoms with Crippen molar-refractivity contribution in [1.82, 2.24) is 4.90 Å². The van der Waals surface area contributed by atoms with Crippen LogP contribution in [0.4, 0.5) is 0 Å². The number of hydrogen-bond donors (Lipinski definition) is 1. The molecule has 0 aromatic heterocycles. The number of nitrogens with zero attached hydrogens (tertiary/aromatic N) is 1. The van der Waals surface area contributed by atoms with Crippen LogP contribution in [-0.4, -0.2) is 29.8 Å². The van der Waals surface area contributed by atoms with Gasteiger partial charge in [0.15, 0.2) is 0 Å². The second kappa shape index (κ2) is 7.97. The fraction of sp³-hybridized carbons (Fsp3) is 0.556. The highest BCUT2D eigenvalue weighted by molar-refractivity contribution is 5.97. The topological polar surface area (TPSA) is 63.4 Å². The Kier molecular flexibility index (Phi) is 5.99. The van der Waals surface area contributed by atoms with Crippen LogP contribution in [0.25, 0.3) is 0 Å². The van der Waals surface area contributed by atoms with E-state index < -0.39 is 5.91 Å². The maximum absolute atomic E-state index is 12.6. The second-order valence-corrected chi connectivity index (χ2v) is 6.33. The molecule has 0 radical (unpaired) electrons. The Morgan fingerprint density at radius 2 is 1.45 bits per heavy atom. The van der Waals surface area contributed by atoms with Crippen molar-refractivity contribution in [2.75, 3.05) is 13.1 Å². The van der Waals surface area contributed by atoms with Gasteiger partial charge in [-0.25, -0.2) is 0 Å². The van der Waals surface area contributed by atoms with Crippen molar-refractivity contribution in [3.63, 3.8) is 0 Å². The highest BCUT2D eigenvalue weighted by Gasteiger charge is 2.17. The molecule has 0 saturated carbocycles. The van der Waals surface area contributed by atoms with Gasteiger partial charge in [-0.3, -0.25) is 9.59 Å². The molecule has 2 amide bonds. The van der Waals surface area contributed by atoms with Gasteiger partial charge in [0.25, 0.3) is 5.91 Å². The zero-order chi connectivity index (χ0) is 15.9. The lowest BCUT2D eigenvalue weighted by atomic mass is 9.96. The Morgan fingerprint density at radius 3 is 1.95 bits per heavy atom. The summed E-state index contributed by atoms with van der Waals surface area (Å²) in [6.45, 7) is 3.97. The lowest BCUT2D eigenvalue weighted by Gasteiger charge is -2.25. The fourth-order valence-electron chi connectivity index (χ4n) is 3.01. The molecule has 1 fully saturated rings. The molecule has 1 aromatic rings. The summed E-state index contributed by atoms with van der Waals surface area (Å²) in [5, 5.41) is 0. The normalized spacial score (nSPS) is 18.0. The predicted molar refractivity (Wildman–Crippen MR) is 87.7 cm³/mol. The fourth-order valence-corrected chi connectivity index (χ4v) is 3.01. The summed E-state index contributed by atoms with van der Waals surface area (Å²) < 4.78 is 0. The first-order valence-corrected chi connectivity index (χ1v) is 8.27. The van der Waals surface area contributed by atoms with Crippen molar-refractivity contribution in [2.24, 2.45) is 11.7 Å². The van der Waals surface area contributed by atoms with Crippen molar-refractivity contribution in [1.29, 1.82) is 0 Å². The molecule has 1 heterocycles. The maximum atomic E-state index is 12.6. The van der Waals surface area contributed by atoms with Crippen molar-refractivity contribution in [3.05, 3.63) is 35.4 Å². The largest absolute Gasteiger partial charge is 0.366 e. The van der Waals surface area contributed by atoms with Crippen LogP contribution in [0.5, 0.6) is 0 Å². The SMILES string of the molecule is CC1CCCCN(C(=O)c2ccc(C(N)=O)cc2)CCCC1. The molecule has 0 bridgehead atoms. The van der Waals surface area contributed by atoms with Crippen LogP contribution in [0.3, 0.4) is 0 Å². The lowest BCUT2D eigenvalue weighted by molar-refractivity contribution is 0.0745.